The zero-order valence-corrected chi connectivity index (χ0v) is 30.9. The maximum Gasteiger partial charge on any atom is 0.124 e. The van der Waals surface area contributed by atoms with Crippen molar-refractivity contribution in [3.63, 3.8) is 0 Å². The highest BCUT2D eigenvalue weighted by molar-refractivity contribution is 6.12. The molecule has 4 nitrogen and oxygen atoms in total. The summed E-state index contributed by atoms with van der Waals surface area (Å²) in [4.78, 5) is 3.38. The standard InChI is InChI=1S/C52H38N4/c1-2-13-42-43-30-31-54-51(43)56(50(42)53)39-28-24-35(25-29-39)34-22-26-38(27-23-34)55-48-21-12-10-19-41(48)45-32-47-44(33-49(45)55)40-18-9-11-20-46(40)52(47,36-14-5-3-6-15-36)37-16-7-4-8-17-37/h2-33,54H,53H2,1H3/b13-2-. The van der Waals surface area contributed by atoms with E-state index in [0.717, 1.165) is 44.9 Å². The second-order valence-electron chi connectivity index (χ2n) is 14.8. The highest BCUT2D eigenvalue weighted by Gasteiger charge is 2.46. The summed E-state index contributed by atoms with van der Waals surface area (Å²) < 4.78 is 4.53. The first-order valence-corrected chi connectivity index (χ1v) is 19.3. The number of anilines is 1. The van der Waals surface area contributed by atoms with E-state index < -0.39 is 5.41 Å². The molecule has 0 fully saturated rings. The summed E-state index contributed by atoms with van der Waals surface area (Å²) in [6, 6.07) is 64.5. The number of hydrogen-bond donors (Lipinski definition) is 2. The molecule has 0 bridgehead atoms. The molecule has 0 spiro atoms. The third-order valence-corrected chi connectivity index (χ3v) is 11.9. The number of rotatable bonds is 6. The minimum absolute atomic E-state index is 0.446. The second-order valence-corrected chi connectivity index (χ2v) is 14.8. The third kappa shape index (κ3) is 4.47. The van der Waals surface area contributed by atoms with Gasteiger partial charge in [0, 0.05) is 39.3 Å². The van der Waals surface area contributed by atoms with Crippen molar-refractivity contribution in [3.8, 4) is 33.6 Å². The monoisotopic (exact) mass is 718 g/mol. The molecule has 4 heteroatoms. The van der Waals surface area contributed by atoms with Gasteiger partial charge in [0.1, 0.15) is 11.5 Å². The first kappa shape index (κ1) is 32.2. The largest absolute Gasteiger partial charge is 0.384 e. The molecule has 0 atom stereocenters. The molecule has 0 unspecified atom stereocenters. The van der Waals surface area contributed by atoms with Crippen molar-refractivity contribution in [2.24, 2.45) is 0 Å². The van der Waals surface area contributed by atoms with Crippen LogP contribution in [-0.2, 0) is 5.41 Å². The van der Waals surface area contributed by atoms with Crippen molar-refractivity contribution in [1.29, 1.82) is 0 Å². The van der Waals surface area contributed by atoms with Gasteiger partial charge in [0.25, 0.3) is 0 Å². The maximum absolute atomic E-state index is 6.68. The van der Waals surface area contributed by atoms with Gasteiger partial charge >= 0.3 is 0 Å². The minimum Gasteiger partial charge on any atom is -0.384 e. The lowest BCUT2D eigenvalue weighted by atomic mass is 9.67. The Morgan fingerprint density at radius 1 is 0.518 bits per heavy atom. The van der Waals surface area contributed by atoms with Gasteiger partial charge in [-0.25, -0.2) is 0 Å². The van der Waals surface area contributed by atoms with Gasteiger partial charge in [-0.1, -0.05) is 140 Å². The van der Waals surface area contributed by atoms with Crippen LogP contribution in [0.5, 0.6) is 0 Å². The third-order valence-electron chi connectivity index (χ3n) is 11.9. The number of hydrogen-bond acceptors (Lipinski definition) is 1. The highest BCUT2D eigenvalue weighted by atomic mass is 15.1. The van der Waals surface area contributed by atoms with Gasteiger partial charge in [0.05, 0.1) is 16.4 Å². The van der Waals surface area contributed by atoms with Crippen LogP contribution in [-0.4, -0.2) is 14.1 Å². The zero-order chi connectivity index (χ0) is 37.4. The number of fused-ring (bicyclic) bond motifs is 7. The lowest BCUT2D eigenvalue weighted by molar-refractivity contribution is 0.769. The van der Waals surface area contributed by atoms with E-state index in [0.29, 0.717) is 0 Å². The summed E-state index contributed by atoms with van der Waals surface area (Å²) in [6.07, 6.45) is 6.07. The Bertz CT molecular complexity index is 3080. The van der Waals surface area contributed by atoms with Crippen LogP contribution < -0.4 is 5.73 Å². The predicted molar refractivity (Wildman–Crippen MR) is 234 cm³/mol. The molecule has 0 amide bonds. The van der Waals surface area contributed by atoms with E-state index in [1.165, 1.54) is 55.2 Å². The summed E-state index contributed by atoms with van der Waals surface area (Å²) in [5.74, 6) is 0.730. The van der Waals surface area contributed by atoms with Gasteiger partial charge in [-0.05, 0) is 100.0 Å². The second kappa shape index (κ2) is 12.4. The number of H-pyrrole nitrogens is 1. The number of nitrogen functional groups attached to an aromatic ring is 1. The predicted octanol–water partition coefficient (Wildman–Crippen LogP) is 12.7. The first-order valence-electron chi connectivity index (χ1n) is 19.3. The Labute approximate surface area is 325 Å². The number of benzene rings is 7. The number of nitrogens with two attached hydrogens (primary N) is 1. The molecule has 3 heterocycles. The first-order chi connectivity index (χ1) is 27.7. The Kier molecular flexibility index (Phi) is 7.10. The number of aromatic nitrogens is 3. The summed E-state index contributed by atoms with van der Waals surface area (Å²) in [6.45, 7) is 2.02. The molecule has 0 saturated heterocycles. The normalized spacial score (nSPS) is 13.2. The fourth-order valence-electron chi connectivity index (χ4n) is 9.54. The van der Waals surface area contributed by atoms with E-state index in [1.807, 2.05) is 19.2 Å². The molecule has 0 saturated carbocycles. The van der Waals surface area contributed by atoms with Crippen LogP contribution in [0.1, 0.15) is 34.7 Å². The molecule has 1 aliphatic carbocycles. The number of nitrogens with one attached hydrogen (secondary N) is 1. The average molecular weight is 719 g/mol. The molecule has 11 rings (SSSR count). The van der Waals surface area contributed by atoms with Crippen molar-refractivity contribution in [2.45, 2.75) is 12.3 Å². The van der Waals surface area contributed by atoms with Gasteiger partial charge in [0.2, 0.25) is 0 Å². The lowest BCUT2D eigenvalue weighted by Crippen LogP contribution is -2.28. The van der Waals surface area contributed by atoms with E-state index in [4.69, 9.17) is 5.73 Å². The van der Waals surface area contributed by atoms with Crippen LogP contribution in [0, 0.1) is 0 Å². The summed E-state index contributed by atoms with van der Waals surface area (Å²) in [5.41, 5.74) is 22.9. The number of aromatic amines is 1. The average Bonchev–Trinajstić information content (AvgIpc) is 4.00. The molecule has 56 heavy (non-hydrogen) atoms. The maximum atomic E-state index is 6.68. The molecule has 0 aliphatic heterocycles. The van der Waals surface area contributed by atoms with Gasteiger partial charge in [0.15, 0.2) is 0 Å². The van der Waals surface area contributed by atoms with Crippen molar-refractivity contribution in [2.75, 3.05) is 5.73 Å². The molecule has 1 aliphatic rings. The van der Waals surface area contributed by atoms with Crippen molar-refractivity contribution in [1.82, 2.24) is 14.1 Å². The van der Waals surface area contributed by atoms with Crippen LogP contribution in [0.2, 0.25) is 0 Å². The fraction of sp³-hybridized carbons (Fsp3) is 0.0385. The minimum atomic E-state index is -0.446. The van der Waals surface area contributed by atoms with Crippen LogP contribution in [0.15, 0.2) is 188 Å². The van der Waals surface area contributed by atoms with E-state index in [1.54, 1.807) is 0 Å². The number of nitrogens with zero attached hydrogens (tertiary/aromatic N) is 2. The Hall–Kier alpha value is -7.30. The summed E-state index contributed by atoms with van der Waals surface area (Å²) in [5, 5.41) is 3.61. The van der Waals surface area contributed by atoms with Crippen molar-refractivity contribution in [3.05, 3.63) is 216 Å². The fourth-order valence-corrected chi connectivity index (χ4v) is 9.54. The molecule has 3 N–H and O–H groups in total. The number of allylic oxidation sites excluding steroid dienone is 1. The van der Waals surface area contributed by atoms with Crippen LogP contribution >= 0.6 is 0 Å². The van der Waals surface area contributed by atoms with Crippen molar-refractivity contribution >= 4 is 44.7 Å². The van der Waals surface area contributed by atoms with E-state index in [-0.39, 0.29) is 0 Å². The lowest BCUT2D eigenvalue weighted by Gasteiger charge is -2.33. The molecule has 3 aromatic heterocycles. The molecule has 10 aromatic rings. The zero-order valence-electron chi connectivity index (χ0n) is 30.9. The topological polar surface area (TPSA) is 51.7 Å². The van der Waals surface area contributed by atoms with Gasteiger partial charge in [-0.15, -0.1) is 0 Å². The number of para-hydroxylation sites is 1. The van der Waals surface area contributed by atoms with Crippen LogP contribution in [0.3, 0.4) is 0 Å². The SMILES string of the molecule is C/C=C\c1c(N)n(-c2ccc(-c3ccc(-n4c5ccccc5c5cc6c(cc54)-c4ccccc4C6(c4ccccc4)c4ccccc4)cc3)cc2)c2[nH]ccc12. The van der Waals surface area contributed by atoms with Crippen LogP contribution in [0.25, 0.3) is 72.5 Å². The van der Waals surface area contributed by atoms with Gasteiger partial charge in [-0.2, -0.15) is 0 Å². The molecule has 266 valence electrons. The Morgan fingerprint density at radius 2 is 1.12 bits per heavy atom. The summed E-state index contributed by atoms with van der Waals surface area (Å²) in [7, 11) is 0. The molecule has 7 aromatic carbocycles. The van der Waals surface area contributed by atoms with E-state index in [2.05, 4.69) is 196 Å². The summed E-state index contributed by atoms with van der Waals surface area (Å²) >= 11 is 0. The van der Waals surface area contributed by atoms with E-state index in [9.17, 15) is 0 Å². The molecular weight excluding hydrogens is 681 g/mol. The van der Waals surface area contributed by atoms with Crippen LogP contribution in [0.4, 0.5) is 5.82 Å². The van der Waals surface area contributed by atoms with Gasteiger partial charge in [-0.3, -0.25) is 4.57 Å². The smallest absolute Gasteiger partial charge is 0.124 e. The van der Waals surface area contributed by atoms with E-state index >= 15 is 0 Å². The quantitative estimate of drug-likeness (QED) is 0.177. The molecular formula is C52H38N4. The Balaban J connectivity index is 1.05. The van der Waals surface area contributed by atoms with Gasteiger partial charge < -0.3 is 15.3 Å². The highest BCUT2D eigenvalue weighted by Crippen LogP contribution is 2.57. The molecule has 0 radical (unpaired) electrons. The van der Waals surface area contributed by atoms with Crippen molar-refractivity contribution < 1.29 is 0 Å². The Morgan fingerprint density at radius 3 is 1.80 bits per heavy atom.